The fourth-order valence-corrected chi connectivity index (χ4v) is 2.94. The SMILES string of the molecule is Cc1cc(Br)ccc1SCC(=O)NNC(=O)c1cccnc1. The Bertz CT molecular complexity index is 680. The summed E-state index contributed by atoms with van der Waals surface area (Å²) in [6.07, 6.45) is 3.01. The van der Waals surface area contributed by atoms with Crippen molar-refractivity contribution in [2.24, 2.45) is 0 Å². The van der Waals surface area contributed by atoms with Crippen LogP contribution in [0.2, 0.25) is 0 Å². The third kappa shape index (κ3) is 4.85. The highest BCUT2D eigenvalue weighted by Crippen LogP contribution is 2.24. The van der Waals surface area contributed by atoms with Crippen LogP contribution in [0.3, 0.4) is 0 Å². The van der Waals surface area contributed by atoms with Crippen molar-refractivity contribution in [2.75, 3.05) is 5.75 Å². The fraction of sp³-hybridized carbons (Fsp3) is 0.133. The Labute approximate surface area is 141 Å². The highest BCUT2D eigenvalue weighted by Gasteiger charge is 2.08. The number of halogens is 1. The van der Waals surface area contributed by atoms with Gasteiger partial charge < -0.3 is 0 Å². The number of hydrogen-bond donors (Lipinski definition) is 2. The lowest BCUT2D eigenvalue weighted by Gasteiger charge is -2.08. The van der Waals surface area contributed by atoms with Crippen molar-refractivity contribution in [3.8, 4) is 0 Å². The summed E-state index contributed by atoms with van der Waals surface area (Å²) in [5.41, 5.74) is 6.22. The Morgan fingerprint density at radius 2 is 2.09 bits per heavy atom. The Morgan fingerprint density at radius 3 is 2.77 bits per heavy atom. The lowest BCUT2D eigenvalue weighted by molar-refractivity contribution is -0.119. The van der Waals surface area contributed by atoms with Crippen LogP contribution >= 0.6 is 27.7 Å². The predicted octanol–water partition coefficient (Wildman–Crippen LogP) is 2.71. The number of aromatic nitrogens is 1. The summed E-state index contributed by atoms with van der Waals surface area (Å²) in [6.45, 7) is 1.98. The van der Waals surface area contributed by atoms with Crippen LogP contribution in [0.4, 0.5) is 0 Å². The van der Waals surface area contributed by atoms with Crippen molar-refractivity contribution in [2.45, 2.75) is 11.8 Å². The second-order valence-corrected chi connectivity index (χ2v) is 6.38. The Balaban J connectivity index is 1.80. The van der Waals surface area contributed by atoms with Gasteiger partial charge in [0.2, 0.25) is 5.91 Å². The van der Waals surface area contributed by atoms with Crippen molar-refractivity contribution < 1.29 is 9.59 Å². The fourth-order valence-electron chi connectivity index (χ4n) is 1.65. The van der Waals surface area contributed by atoms with E-state index in [1.54, 1.807) is 18.3 Å². The Kier molecular flexibility index (Phi) is 5.97. The van der Waals surface area contributed by atoms with Gasteiger partial charge in [-0.3, -0.25) is 25.4 Å². The molecule has 0 aliphatic heterocycles. The number of rotatable bonds is 4. The van der Waals surface area contributed by atoms with Crippen molar-refractivity contribution in [3.05, 3.63) is 58.3 Å². The zero-order valence-electron chi connectivity index (χ0n) is 11.8. The van der Waals surface area contributed by atoms with E-state index in [0.717, 1.165) is 14.9 Å². The molecular weight excluding hydrogens is 366 g/mol. The molecule has 1 aromatic carbocycles. The second kappa shape index (κ2) is 7.95. The van der Waals surface area contributed by atoms with E-state index in [1.807, 2.05) is 25.1 Å². The summed E-state index contributed by atoms with van der Waals surface area (Å²) in [6, 6.07) is 9.14. The number of benzene rings is 1. The molecule has 2 N–H and O–H groups in total. The molecular formula is C15H14BrN3O2S. The van der Waals surface area contributed by atoms with Crippen LogP contribution in [0.5, 0.6) is 0 Å². The molecule has 0 aliphatic carbocycles. The lowest BCUT2D eigenvalue weighted by atomic mass is 10.2. The van der Waals surface area contributed by atoms with E-state index >= 15 is 0 Å². The Morgan fingerprint density at radius 1 is 1.27 bits per heavy atom. The van der Waals surface area contributed by atoms with Crippen molar-refractivity contribution in [1.82, 2.24) is 15.8 Å². The van der Waals surface area contributed by atoms with E-state index < -0.39 is 5.91 Å². The summed E-state index contributed by atoms with van der Waals surface area (Å²) < 4.78 is 1.00. The van der Waals surface area contributed by atoms with Gasteiger partial charge in [0.15, 0.2) is 0 Å². The van der Waals surface area contributed by atoms with E-state index in [2.05, 4.69) is 31.8 Å². The molecule has 2 aromatic rings. The minimum absolute atomic E-state index is 0.218. The third-order valence-electron chi connectivity index (χ3n) is 2.73. The molecule has 5 nitrogen and oxygen atoms in total. The number of carbonyl (C=O) groups is 2. The molecule has 2 amide bonds. The molecule has 0 radical (unpaired) electrons. The quantitative estimate of drug-likeness (QED) is 0.632. The first-order chi connectivity index (χ1) is 10.6. The number of nitrogens with one attached hydrogen (secondary N) is 2. The molecule has 2 rings (SSSR count). The first-order valence-corrected chi connectivity index (χ1v) is 8.22. The molecule has 0 fully saturated rings. The molecule has 0 spiro atoms. The van der Waals surface area contributed by atoms with Gasteiger partial charge in [-0.2, -0.15) is 0 Å². The highest BCUT2D eigenvalue weighted by atomic mass is 79.9. The van der Waals surface area contributed by atoms with Crippen LogP contribution in [0.15, 0.2) is 52.1 Å². The average molecular weight is 380 g/mol. The van der Waals surface area contributed by atoms with Gasteiger partial charge in [-0.25, -0.2) is 0 Å². The average Bonchev–Trinajstić information content (AvgIpc) is 2.52. The maximum atomic E-state index is 11.8. The maximum Gasteiger partial charge on any atom is 0.271 e. The van der Waals surface area contributed by atoms with Crippen LogP contribution in [0.1, 0.15) is 15.9 Å². The van der Waals surface area contributed by atoms with Crippen LogP contribution in [-0.2, 0) is 4.79 Å². The smallest absolute Gasteiger partial charge is 0.271 e. The van der Waals surface area contributed by atoms with Crippen LogP contribution in [0.25, 0.3) is 0 Å². The molecule has 0 saturated heterocycles. The van der Waals surface area contributed by atoms with Gasteiger partial charge in [0.25, 0.3) is 5.91 Å². The molecule has 114 valence electrons. The number of thioether (sulfide) groups is 1. The summed E-state index contributed by atoms with van der Waals surface area (Å²) in [5.74, 6) is -0.452. The normalized spacial score (nSPS) is 10.1. The zero-order valence-corrected chi connectivity index (χ0v) is 14.2. The topological polar surface area (TPSA) is 71.1 Å². The van der Waals surface area contributed by atoms with Gasteiger partial charge in [0.05, 0.1) is 11.3 Å². The molecule has 7 heteroatoms. The van der Waals surface area contributed by atoms with Crippen molar-refractivity contribution >= 4 is 39.5 Å². The number of hydrazine groups is 1. The van der Waals surface area contributed by atoms with Crippen molar-refractivity contribution in [3.63, 3.8) is 0 Å². The third-order valence-corrected chi connectivity index (χ3v) is 4.40. The van der Waals surface area contributed by atoms with Crippen LogP contribution in [-0.4, -0.2) is 22.6 Å². The van der Waals surface area contributed by atoms with Gasteiger partial charge in [-0.05, 0) is 42.8 Å². The maximum absolute atomic E-state index is 11.8. The summed E-state index contributed by atoms with van der Waals surface area (Å²) >= 11 is 4.81. The zero-order chi connectivity index (χ0) is 15.9. The van der Waals surface area contributed by atoms with Crippen LogP contribution < -0.4 is 10.9 Å². The van der Waals surface area contributed by atoms with E-state index in [1.165, 1.54) is 18.0 Å². The molecule has 1 aromatic heterocycles. The number of nitrogens with zero attached hydrogens (tertiary/aromatic N) is 1. The van der Waals surface area contributed by atoms with E-state index in [9.17, 15) is 9.59 Å². The Hall–Kier alpha value is -1.86. The first-order valence-electron chi connectivity index (χ1n) is 6.44. The molecule has 0 bridgehead atoms. The predicted molar refractivity (Wildman–Crippen MR) is 89.4 cm³/mol. The lowest BCUT2D eigenvalue weighted by Crippen LogP contribution is -2.42. The molecule has 1 heterocycles. The van der Waals surface area contributed by atoms with E-state index in [4.69, 9.17) is 0 Å². The van der Waals surface area contributed by atoms with Crippen LogP contribution in [0, 0.1) is 6.92 Å². The monoisotopic (exact) mass is 379 g/mol. The number of amides is 2. The molecule has 0 saturated carbocycles. The van der Waals surface area contributed by atoms with Gasteiger partial charge in [0.1, 0.15) is 0 Å². The van der Waals surface area contributed by atoms with Crippen molar-refractivity contribution in [1.29, 1.82) is 0 Å². The molecule has 22 heavy (non-hydrogen) atoms. The number of aryl methyl sites for hydroxylation is 1. The number of carbonyl (C=O) groups excluding carboxylic acids is 2. The second-order valence-electron chi connectivity index (χ2n) is 4.44. The highest BCUT2D eigenvalue weighted by molar-refractivity contribution is 9.10. The van der Waals surface area contributed by atoms with Gasteiger partial charge in [-0.1, -0.05) is 15.9 Å². The van der Waals surface area contributed by atoms with Gasteiger partial charge in [0, 0.05) is 21.8 Å². The first kappa shape index (κ1) is 16.5. The summed E-state index contributed by atoms with van der Waals surface area (Å²) in [7, 11) is 0. The minimum Gasteiger partial charge on any atom is -0.272 e. The summed E-state index contributed by atoms with van der Waals surface area (Å²) in [4.78, 5) is 28.4. The molecule has 0 aliphatic rings. The number of pyridine rings is 1. The summed E-state index contributed by atoms with van der Waals surface area (Å²) in [5, 5.41) is 0. The standard InChI is InChI=1S/C15H14BrN3O2S/c1-10-7-12(16)4-5-13(10)22-9-14(20)18-19-15(21)11-3-2-6-17-8-11/h2-8H,9H2,1H3,(H,18,20)(H,19,21). The van der Waals surface area contributed by atoms with Gasteiger partial charge >= 0.3 is 0 Å². The minimum atomic E-state index is -0.397. The number of hydrogen-bond acceptors (Lipinski definition) is 4. The molecule has 0 unspecified atom stereocenters. The van der Waals surface area contributed by atoms with Gasteiger partial charge in [-0.15, -0.1) is 11.8 Å². The van der Waals surface area contributed by atoms with E-state index in [0.29, 0.717) is 5.56 Å². The van der Waals surface area contributed by atoms with E-state index in [-0.39, 0.29) is 11.7 Å². The largest absolute Gasteiger partial charge is 0.272 e. The molecule has 0 atom stereocenters.